The van der Waals surface area contributed by atoms with Gasteiger partial charge in [-0.15, -0.1) is 6.58 Å². The van der Waals surface area contributed by atoms with Crippen molar-refractivity contribution in [3.05, 3.63) is 48.6 Å². The van der Waals surface area contributed by atoms with Crippen molar-refractivity contribution >= 4 is 5.91 Å². The van der Waals surface area contributed by atoms with Gasteiger partial charge in [0.25, 0.3) is 0 Å². The molecule has 0 saturated heterocycles. The number of carbonyl (C=O) groups is 1. The SMILES string of the molecule is C=CCCC(=O)N(C)[C@H](C)C(O)c1ccccc1. The van der Waals surface area contributed by atoms with E-state index < -0.39 is 6.10 Å². The van der Waals surface area contributed by atoms with Gasteiger partial charge in [0.05, 0.1) is 12.1 Å². The number of carbonyl (C=O) groups excluding carboxylic acids is 1. The van der Waals surface area contributed by atoms with Gasteiger partial charge in [0.2, 0.25) is 5.91 Å². The highest BCUT2D eigenvalue weighted by atomic mass is 16.3. The van der Waals surface area contributed by atoms with Gasteiger partial charge in [-0.25, -0.2) is 0 Å². The number of aliphatic hydroxyl groups is 1. The van der Waals surface area contributed by atoms with E-state index in [4.69, 9.17) is 0 Å². The Morgan fingerprint density at radius 3 is 2.61 bits per heavy atom. The van der Waals surface area contributed by atoms with Crippen LogP contribution in [-0.4, -0.2) is 29.0 Å². The van der Waals surface area contributed by atoms with Crippen molar-refractivity contribution in [1.29, 1.82) is 0 Å². The summed E-state index contributed by atoms with van der Waals surface area (Å²) in [5, 5.41) is 10.2. The summed E-state index contributed by atoms with van der Waals surface area (Å²) in [4.78, 5) is 13.4. The standard InChI is InChI=1S/C15H21NO2/c1-4-5-11-14(17)16(3)12(2)15(18)13-9-7-6-8-10-13/h4,6-10,12,15,18H,1,5,11H2,2-3H3/t12-,15?/m1/s1. The Kier molecular flexibility index (Phi) is 5.59. The lowest BCUT2D eigenvalue weighted by atomic mass is 10.0. The maximum atomic E-state index is 11.8. The number of hydrogen-bond donors (Lipinski definition) is 1. The van der Waals surface area contributed by atoms with Crippen LogP contribution in [0.15, 0.2) is 43.0 Å². The summed E-state index contributed by atoms with van der Waals surface area (Å²) in [6.07, 6.45) is 2.16. The zero-order chi connectivity index (χ0) is 13.5. The van der Waals surface area contributed by atoms with E-state index >= 15 is 0 Å². The number of likely N-dealkylation sites (N-methyl/N-ethyl adjacent to an activating group) is 1. The summed E-state index contributed by atoms with van der Waals surface area (Å²) in [7, 11) is 1.72. The maximum absolute atomic E-state index is 11.8. The second-order valence-corrected chi connectivity index (χ2v) is 4.43. The Labute approximate surface area is 109 Å². The molecule has 0 aromatic heterocycles. The molecule has 2 atom stereocenters. The van der Waals surface area contributed by atoms with Crippen LogP contribution in [0.2, 0.25) is 0 Å². The number of benzene rings is 1. The first-order valence-electron chi connectivity index (χ1n) is 6.17. The lowest BCUT2D eigenvalue weighted by Crippen LogP contribution is -2.38. The Balaban J connectivity index is 2.65. The summed E-state index contributed by atoms with van der Waals surface area (Å²) >= 11 is 0. The van der Waals surface area contributed by atoms with Gasteiger partial charge >= 0.3 is 0 Å². The second-order valence-electron chi connectivity index (χ2n) is 4.43. The molecule has 98 valence electrons. The molecule has 0 spiro atoms. The van der Waals surface area contributed by atoms with Crippen molar-refractivity contribution in [1.82, 2.24) is 4.90 Å². The summed E-state index contributed by atoms with van der Waals surface area (Å²) in [6.45, 7) is 5.45. The minimum absolute atomic E-state index is 0.0254. The molecule has 0 aliphatic carbocycles. The van der Waals surface area contributed by atoms with Crippen molar-refractivity contribution in [2.75, 3.05) is 7.05 Å². The molecule has 1 rings (SSSR count). The van der Waals surface area contributed by atoms with Crippen LogP contribution >= 0.6 is 0 Å². The average molecular weight is 247 g/mol. The molecule has 1 aromatic carbocycles. The fraction of sp³-hybridized carbons (Fsp3) is 0.400. The first-order valence-corrected chi connectivity index (χ1v) is 6.17. The molecule has 0 aliphatic heterocycles. The van der Waals surface area contributed by atoms with Crippen LogP contribution in [0.25, 0.3) is 0 Å². The topological polar surface area (TPSA) is 40.5 Å². The van der Waals surface area contributed by atoms with Crippen LogP contribution in [0.5, 0.6) is 0 Å². The summed E-state index contributed by atoms with van der Waals surface area (Å²) in [6, 6.07) is 9.15. The molecule has 18 heavy (non-hydrogen) atoms. The van der Waals surface area contributed by atoms with Crippen molar-refractivity contribution in [2.45, 2.75) is 31.9 Å². The third-order valence-electron chi connectivity index (χ3n) is 3.16. The van der Waals surface area contributed by atoms with E-state index in [1.165, 1.54) is 0 Å². The van der Waals surface area contributed by atoms with Crippen molar-refractivity contribution in [2.24, 2.45) is 0 Å². The maximum Gasteiger partial charge on any atom is 0.222 e. The first kappa shape index (κ1) is 14.5. The van der Waals surface area contributed by atoms with Crippen molar-refractivity contribution in [3.8, 4) is 0 Å². The molecule has 1 N–H and O–H groups in total. The lowest BCUT2D eigenvalue weighted by molar-refractivity contribution is -0.133. The largest absolute Gasteiger partial charge is 0.386 e. The van der Waals surface area contributed by atoms with Crippen LogP contribution < -0.4 is 0 Å². The Hall–Kier alpha value is -1.61. The molecule has 0 bridgehead atoms. The van der Waals surface area contributed by atoms with Crippen molar-refractivity contribution in [3.63, 3.8) is 0 Å². The minimum atomic E-state index is -0.663. The van der Waals surface area contributed by atoms with E-state index in [-0.39, 0.29) is 11.9 Å². The highest BCUT2D eigenvalue weighted by Gasteiger charge is 2.23. The number of nitrogens with zero attached hydrogens (tertiary/aromatic N) is 1. The predicted octanol–water partition coefficient (Wildman–Crippen LogP) is 2.53. The summed E-state index contributed by atoms with van der Waals surface area (Å²) in [5.41, 5.74) is 0.827. The molecule has 1 aromatic rings. The number of rotatable bonds is 6. The zero-order valence-electron chi connectivity index (χ0n) is 11.0. The fourth-order valence-electron chi connectivity index (χ4n) is 1.77. The van der Waals surface area contributed by atoms with Gasteiger partial charge in [0, 0.05) is 13.5 Å². The van der Waals surface area contributed by atoms with E-state index in [0.717, 1.165) is 5.56 Å². The smallest absolute Gasteiger partial charge is 0.222 e. The van der Waals surface area contributed by atoms with Gasteiger partial charge in [-0.2, -0.15) is 0 Å². The normalized spacial score (nSPS) is 13.7. The predicted molar refractivity (Wildman–Crippen MR) is 73.1 cm³/mol. The molecule has 1 amide bonds. The average Bonchev–Trinajstić information content (AvgIpc) is 2.43. The monoisotopic (exact) mass is 247 g/mol. The molecule has 3 heteroatoms. The highest BCUT2D eigenvalue weighted by Crippen LogP contribution is 2.20. The van der Waals surface area contributed by atoms with Crippen LogP contribution in [0.4, 0.5) is 0 Å². The van der Waals surface area contributed by atoms with Crippen molar-refractivity contribution < 1.29 is 9.90 Å². The Morgan fingerprint density at radius 1 is 1.44 bits per heavy atom. The molecule has 0 heterocycles. The Bertz CT molecular complexity index is 389. The lowest BCUT2D eigenvalue weighted by Gasteiger charge is -2.29. The van der Waals surface area contributed by atoms with E-state index in [0.29, 0.717) is 12.8 Å². The van der Waals surface area contributed by atoms with E-state index in [1.54, 1.807) is 18.0 Å². The number of amides is 1. The van der Waals surface area contributed by atoms with Crippen LogP contribution in [0.3, 0.4) is 0 Å². The molecule has 3 nitrogen and oxygen atoms in total. The van der Waals surface area contributed by atoms with Gasteiger partial charge in [-0.05, 0) is 18.9 Å². The minimum Gasteiger partial charge on any atom is -0.386 e. The quantitative estimate of drug-likeness (QED) is 0.785. The zero-order valence-corrected chi connectivity index (χ0v) is 11.0. The van der Waals surface area contributed by atoms with Gasteiger partial charge in [0.1, 0.15) is 0 Å². The third kappa shape index (κ3) is 3.70. The first-order chi connectivity index (χ1) is 8.57. The molecule has 0 saturated carbocycles. The van der Waals surface area contributed by atoms with Gasteiger partial charge in [-0.3, -0.25) is 4.79 Å². The molecule has 0 fully saturated rings. The molecule has 1 unspecified atom stereocenters. The number of hydrogen-bond acceptors (Lipinski definition) is 2. The number of aliphatic hydroxyl groups excluding tert-OH is 1. The van der Waals surface area contributed by atoms with Gasteiger partial charge in [0.15, 0.2) is 0 Å². The van der Waals surface area contributed by atoms with E-state index in [2.05, 4.69) is 6.58 Å². The third-order valence-corrected chi connectivity index (χ3v) is 3.16. The van der Waals surface area contributed by atoms with Crippen LogP contribution in [0, 0.1) is 0 Å². The van der Waals surface area contributed by atoms with E-state index in [1.807, 2.05) is 37.3 Å². The second kappa shape index (κ2) is 6.97. The molecular formula is C15H21NO2. The fourth-order valence-corrected chi connectivity index (χ4v) is 1.77. The summed E-state index contributed by atoms with van der Waals surface area (Å²) in [5.74, 6) is 0.0254. The van der Waals surface area contributed by atoms with Gasteiger partial charge < -0.3 is 10.0 Å². The van der Waals surface area contributed by atoms with Crippen LogP contribution in [-0.2, 0) is 4.79 Å². The number of allylic oxidation sites excluding steroid dienone is 1. The van der Waals surface area contributed by atoms with Gasteiger partial charge in [-0.1, -0.05) is 36.4 Å². The molecule has 0 radical (unpaired) electrons. The van der Waals surface area contributed by atoms with Crippen LogP contribution in [0.1, 0.15) is 31.4 Å². The molecular weight excluding hydrogens is 226 g/mol. The Morgan fingerprint density at radius 2 is 2.06 bits per heavy atom. The molecule has 0 aliphatic rings. The summed E-state index contributed by atoms with van der Waals surface area (Å²) < 4.78 is 0. The highest BCUT2D eigenvalue weighted by molar-refractivity contribution is 5.76. The van der Waals surface area contributed by atoms with E-state index in [9.17, 15) is 9.90 Å².